The topological polar surface area (TPSA) is 41.6 Å². The van der Waals surface area contributed by atoms with Crippen LogP contribution in [-0.2, 0) is 0 Å². The van der Waals surface area contributed by atoms with Crippen LogP contribution in [0.25, 0.3) is 0 Å². The predicted molar refractivity (Wildman–Crippen MR) is 73.7 cm³/mol. The molecule has 20 heavy (non-hydrogen) atoms. The molecular weight excluding hydrogens is 290 g/mol. The summed E-state index contributed by atoms with van der Waals surface area (Å²) in [6.07, 6.45) is 0. The number of nitrogens with zero attached hydrogens (tertiary/aromatic N) is 1. The summed E-state index contributed by atoms with van der Waals surface area (Å²) in [6, 6.07) is 6.04. The summed E-state index contributed by atoms with van der Waals surface area (Å²) in [4.78, 5) is 13.9. The van der Waals surface area contributed by atoms with E-state index in [0.29, 0.717) is 18.7 Å². The average Bonchev–Trinajstić information content (AvgIpc) is 2.38. The van der Waals surface area contributed by atoms with Crippen molar-refractivity contribution >= 4 is 18.3 Å². The molecular formula is C13H17ClF2N2O2. The van der Waals surface area contributed by atoms with Gasteiger partial charge < -0.3 is 15.0 Å². The van der Waals surface area contributed by atoms with Crippen molar-refractivity contribution in [1.82, 2.24) is 10.2 Å². The van der Waals surface area contributed by atoms with Crippen molar-refractivity contribution in [1.29, 1.82) is 0 Å². The van der Waals surface area contributed by atoms with E-state index >= 15 is 0 Å². The van der Waals surface area contributed by atoms with Gasteiger partial charge in [-0.25, -0.2) is 0 Å². The lowest BCUT2D eigenvalue weighted by Crippen LogP contribution is -2.51. The van der Waals surface area contributed by atoms with Gasteiger partial charge in [-0.1, -0.05) is 0 Å². The first-order valence-electron chi connectivity index (χ1n) is 6.14. The molecule has 1 N–H and O–H groups in total. The summed E-state index contributed by atoms with van der Waals surface area (Å²) >= 11 is 0. The van der Waals surface area contributed by atoms with Crippen LogP contribution in [0, 0.1) is 0 Å². The van der Waals surface area contributed by atoms with Crippen LogP contribution in [0.4, 0.5) is 8.78 Å². The van der Waals surface area contributed by atoms with Crippen LogP contribution >= 0.6 is 12.4 Å². The van der Waals surface area contributed by atoms with E-state index in [0.717, 1.165) is 6.54 Å². The first kappa shape index (κ1) is 16.7. The molecule has 1 fully saturated rings. The quantitative estimate of drug-likeness (QED) is 0.930. The maximum absolute atomic E-state index is 12.2. The summed E-state index contributed by atoms with van der Waals surface area (Å²) in [7, 11) is 0. The van der Waals surface area contributed by atoms with Crippen LogP contribution in [0.2, 0.25) is 0 Å². The molecule has 1 aliphatic rings. The molecule has 1 aromatic rings. The first-order valence-corrected chi connectivity index (χ1v) is 6.14. The molecule has 1 unspecified atom stereocenters. The highest BCUT2D eigenvalue weighted by Crippen LogP contribution is 2.16. The molecule has 0 bridgehead atoms. The van der Waals surface area contributed by atoms with Crippen molar-refractivity contribution in [2.24, 2.45) is 0 Å². The molecule has 0 aliphatic carbocycles. The zero-order valence-electron chi connectivity index (χ0n) is 11.0. The molecule has 0 aromatic heterocycles. The summed E-state index contributed by atoms with van der Waals surface area (Å²) in [5.74, 6) is -0.0304. The molecule has 0 radical (unpaired) electrons. The van der Waals surface area contributed by atoms with E-state index in [4.69, 9.17) is 0 Å². The minimum atomic E-state index is -2.85. The Labute approximate surface area is 122 Å². The van der Waals surface area contributed by atoms with Gasteiger partial charge in [-0.2, -0.15) is 8.78 Å². The smallest absolute Gasteiger partial charge is 0.387 e. The van der Waals surface area contributed by atoms with Crippen molar-refractivity contribution in [3.63, 3.8) is 0 Å². The van der Waals surface area contributed by atoms with Gasteiger partial charge in [-0.15, -0.1) is 12.4 Å². The molecule has 2 rings (SSSR count). The minimum Gasteiger partial charge on any atom is -0.435 e. The standard InChI is InChI=1S/C13H16F2N2O2.ClH/c1-9-8-17(7-6-16-9)12(18)10-2-4-11(5-3-10)19-13(14)15;/h2-5,9,13,16H,6-8H2,1H3;1H. The number of carbonyl (C=O) groups excluding carboxylic acids is 1. The van der Waals surface area contributed by atoms with Crippen LogP contribution in [0.3, 0.4) is 0 Å². The Bertz CT molecular complexity index is 443. The Balaban J connectivity index is 0.00000200. The normalized spacial score (nSPS) is 18.6. The number of nitrogens with one attached hydrogen (secondary N) is 1. The van der Waals surface area contributed by atoms with Gasteiger partial charge in [-0.3, -0.25) is 4.79 Å². The molecule has 1 aliphatic heterocycles. The predicted octanol–water partition coefficient (Wildman–Crippen LogP) is 2.14. The van der Waals surface area contributed by atoms with Crippen molar-refractivity contribution < 1.29 is 18.3 Å². The molecule has 0 saturated carbocycles. The first-order chi connectivity index (χ1) is 9.06. The van der Waals surface area contributed by atoms with Gasteiger partial charge in [0.05, 0.1) is 0 Å². The lowest BCUT2D eigenvalue weighted by atomic mass is 10.1. The largest absolute Gasteiger partial charge is 0.435 e. The number of rotatable bonds is 3. The monoisotopic (exact) mass is 306 g/mol. The third-order valence-corrected chi connectivity index (χ3v) is 2.98. The highest BCUT2D eigenvalue weighted by atomic mass is 35.5. The Kier molecular flexibility index (Phi) is 6.16. The fourth-order valence-electron chi connectivity index (χ4n) is 2.08. The number of amides is 1. The molecule has 4 nitrogen and oxygen atoms in total. The highest BCUT2D eigenvalue weighted by Gasteiger charge is 2.21. The van der Waals surface area contributed by atoms with Crippen LogP contribution in [-0.4, -0.2) is 43.1 Å². The van der Waals surface area contributed by atoms with Gasteiger partial charge in [0, 0.05) is 31.2 Å². The molecule has 1 heterocycles. The van der Waals surface area contributed by atoms with E-state index in [9.17, 15) is 13.6 Å². The summed E-state index contributed by atoms with van der Waals surface area (Å²) in [5.41, 5.74) is 0.482. The number of hydrogen-bond acceptors (Lipinski definition) is 3. The van der Waals surface area contributed by atoms with Crippen molar-refractivity contribution in [3.8, 4) is 5.75 Å². The van der Waals surface area contributed by atoms with Crippen molar-refractivity contribution in [2.45, 2.75) is 19.6 Å². The maximum Gasteiger partial charge on any atom is 0.387 e. The van der Waals surface area contributed by atoms with Crippen molar-refractivity contribution in [2.75, 3.05) is 19.6 Å². The fourth-order valence-corrected chi connectivity index (χ4v) is 2.08. The maximum atomic E-state index is 12.2. The Morgan fingerprint density at radius 1 is 1.40 bits per heavy atom. The van der Waals surface area contributed by atoms with Crippen molar-refractivity contribution in [3.05, 3.63) is 29.8 Å². The van der Waals surface area contributed by atoms with Gasteiger partial charge in [0.2, 0.25) is 0 Å². The van der Waals surface area contributed by atoms with E-state index in [1.165, 1.54) is 24.3 Å². The lowest BCUT2D eigenvalue weighted by molar-refractivity contribution is -0.0498. The summed E-state index contributed by atoms with van der Waals surface area (Å²) < 4.78 is 28.3. The zero-order chi connectivity index (χ0) is 13.8. The summed E-state index contributed by atoms with van der Waals surface area (Å²) in [6.45, 7) is 1.22. The number of alkyl halides is 2. The zero-order valence-corrected chi connectivity index (χ0v) is 11.8. The lowest BCUT2D eigenvalue weighted by Gasteiger charge is -2.32. The van der Waals surface area contributed by atoms with E-state index in [1.54, 1.807) is 4.90 Å². The van der Waals surface area contributed by atoms with Crippen LogP contribution < -0.4 is 10.1 Å². The molecule has 7 heteroatoms. The second-order valence-electron chi connectivity index (χ2n) is 4.51. The molecule has 1 saturated heterocycles. The van der Waals surface area contributed by atoms with Gasteiger partial charge >= 0.3 is 6.61 Å². The number of benzene rings is 1. The van der Waals surface area contributed by atoms with E-state index in [2.05, 4.69) is 10.1 Å². The number of halogens is 3. The Morgan fingerprint density at radius 3 is 2.60 bits per heavy atom. The Morgan fingerprint density at radius 2 is 2.05 bits per heavy atom. The third kappa shape index (κ3) is 4.31. The second kappa shape index (κ2) is 7.40. The molecule has 1 atom stereocenters. The molecule has 112 valence electrons. The van der Waals surface area contributed by atoms with Crippen LogP contribution in [0.1, 0.15) is 17.3 Å². The average molecular weight is 307 g/mol. The molecule has 1 amide bonds. The van der Waals surface area contributed by atoms with Gasteiger partial charge in [0.15, 0.2) is 0 Å². The number of carbonyl (C=O) groups is 1. The van der Waals surface area contributed by atoms with E-state index < -0.39 is 6.61 Å². The SMILES string of the molecule is CC1CN(C(=O)c2ccc(OC(F)F)cc2)CCN1.Cl. The number of piperazine rings is 1. The third-order valence-electron chi connectivity index (χ3n) is 2.98. The Hall–Kier alpha value is -1.40. The second-order valence-corrected chi connectivity index (χ2v) is 4.51. The number of hydrogen-bond donors (Lipinski definition) is 1. The molecule has 0 spiro atoms. The van der Waals surface area contributed by atoms with Crippen LogP contribution in [0.5, 0.6) is 5.75 Å². The van der Waals surface area contributed by atoms with E-state index in [1.807, 2.05) is 6.92 Å². The van der Waals surface area contributed by atoms with Crippen LogP contribution in [0.15, 0.2) is 24.3 Å². The van der Waals surface area contributed by atoms with Gasteiger partial charge in [0.25, 0.3) is 5.91 Å². The number of ether oxygens (including phenoxy) is 1. The van der Waals surface area contributed by atoms with Gasteiger partial charge in [-0.05, 0) is 31.2 Å². The summed E-state index contributed by atoms with van der Waals surface area (Å²) in [5, 5.41) is 3.25. The highest BCUT2D eigenvalue weighted by molar-refractivity contribution is 5.94. The van der Waals surface area contributed by atoms with Gasteiger partial charge in [0.1, 0.15) is 5.75 Å². The van der Waals surface area contributed by atoms with E-state index in [-0.39, 0.29) is 30.1 Å². The minimum absolute atomic E-state index is 0. The molecule has 1 aromatic carbocycles. The fraction of sp³-hybridized carbons (Fsp3) is 0.462.